The molecule has 0 bridgehead atoms. The van der Waals surface area contributed by atoms with Crippen LogP contribution in [0.25, 0.3) is 5.82 Å². The van der Waals surface area contributed by atoms with Crippen LogP contribution in [0.4, 0.5) is 14.6 Å². The number of anilines is 1. The summed E-state index contributed by atoms with van der Waals surface area (Å²) in [4.78, 5) is 0.960. The molecule has 1 aliphatic heterocycles. The number of aryl methyl sites for hydroxylation is 1. The van der Waals surface area contributed by atoms with Crippen LogP contribution < -0.4 is 4.90 Å². The fraction of sp³-hybridized carbons (Fsp3) is 0.278. The molecule has 11 heteroatoms. The zero-order valence-corrected chi connectivity index (χ0v) is 16.4. The molecule has 0 N–H and O–H groups in total. The Labute approximate surface area is 166 Å². The highest BCUT2D eigenvalue weighted by atomic mass is 32.2. The molecular formula is C18H18F2N6O2S. The lowest BCUT2D eigenvalue weighted by molar-refractivity contribution is 0.377. The summed E-state index contributed by atoms with van der Waals surface area (Å²) >= 11 is 0. The molecule has 29 heavy (non-hydrogen) atoms. The van der Waals surface area contributed by atoms with Gasteiger partial charge >= 0.3 is 0 Å². The number of nitrogens with zero attached hydrogens (tertiary/aromatic N) is 6. The van der Waals surface area contributed by atoms with Crippen LogP contribution in [-0.4, -0.2) is 58.9 Å². The largest absolute Gasteiger partial charge is 0.352 e. The van der Waals surface area contributed by atoms with Crippen molar-refractivity contribution in [3.8, 4) is 5.82 Å². The zero-order chi connectivity index (χ0) is 20.6. The Morgan fingerprint density at radius 3 is 2.07 bits per heavy atom. The Bertz CT molecular complexity index is 1110. The minimum absolute atomic E-state index is 0.0812. The van der Waals surface area contributed by atoms with Gasteiger partial charge in [-0.2, -0.15) is 9.40 Å². The molecule has 2 aromatic heterocycles. The molecule has 4 rings (SSSR count). The molecule has 152 valence electrons. The number of sulfonamides is 1. The first-order valence-electron chi connectivity index (χ1n) is 8.92. The number of benzene rings is 1. The Morgan fingerprint density at radius 1 is 0.897 bits per heavy atom. The third-order valence-corrected chi connectivity index (χ3v) is 6.62. The van der Waals surface area contributed by atoms with E-state index in [1.807, 2.05) is 17.9 Å². The molecule has 0 atom stereocenters. The van der Waals surface area contributed by atoms with Gasteiger partial charge in [0.25, 0.3) is 0 Å². The highest BCUT2D eigenvalue weighted by Gasteiger charge is 2.33. The van der Waals surface area contributed by atoms with Crippen molar-refractivity contribution in [2.24, 2.45) is 0 Å². The van der Waals surface area contributed by atoms with E-state index < -0.39 is 26.6 Å². The monoisotopic (exact) mass is 420 g/mol. The molecule has 1 saturated heterocycles. The number of hydrogen-bond acceptors (Lipinski definition) is 6. The van der Waals surface area contributed by atoms with Gasteiger partial charge in [-0.1, -0.05) is 6.07 Å². The summed E-state index contributed by atoms with van der Waals surface area (Å²) in [5.41, 5.74) is 0.861. The van der Waals surface area contributed by atoms with E-state index in [4.69, 9.17) is 0 Å². The van der Waals surface area contributed by atoms with E-state index in [-0.39, 0.29) is 13.1 Å². The standard InChI is InChI=1S/C18H18F2N6O2S/c1-13-7-8-26(23-13)17-6-5-16(21-22-17)24-9-11-25(12-10-24)29(27,28)18-14(19)3-2-4-15(18)20/h2-8H,9-12H2,1H3. The van der Waals surface area contributed by atoms with E-state index in [1.165, 1.54) is 0 Å². The molecule has 8 nitrogen and oxygen atoms in total. The van der Waals surface area contributed by atoms with Gasteiger partial charge in [0.15, 0.2) is 16.5 Å². The van der Waals surface area contributed by atoms with E-state index >= 15 is 0 Å². The molecule has 0 aliphatic carbocycles. The van der Waals surface area contributed by atoms with Crippen molar-refractivity contribution >= 4 is 15.8 Å². The quantitative estimate of drug-likeness (QED) is 0.640. The lowest BCUT2D eigenvalue weighted by Crippen LogP contribution is -2.49. The van der Waals surface area contributed by atoms with Gasteiger partial charge in [-0.25, -0.2) is 21.9 Å². The second-order valence-electron chi connectivity index (χ2n) is 6.59. The lowest BCUT2D eigenvalue weighted by Gasteiger charge is -2.34. The van der Waals surface area contributed by atoms with Gasteiger partial charge in [0.05, 0.1) is 5.69 Å². The van der Waals surface area contributed by atoms with Gasteiger partial charge in [0, 0.05) is 32.4 Å². The average Bonchev–Trinajstić information content (AvgIpc) is 3.14. The number of halogens is 2. The fourth-order valence-corrected chi connectivity index (χ4v) is 4.70. The highest BCUT2D eigenvalue weighted by molar-refractivity contribution is 7.89. The molecule has 3 heterocycles. The number of rotatable bonds is 4. The van der Waals surface area contributed by atoms with Crippen molar-refractivity contribution in [1.82, 2.24) is 24.3 Å². The summed E-state index contributed by atoms with van der Waals surface area (Å²) in [5, 5.41) is 12.6. The molecular weight excluding hydrogens is 402 g/mol. The predicted molar refractivity (Wildman–Crippen MR) is 101 cm³/mol. The summed E-state index contributed by atoms with van der Waals surface area (Å²) in [7, 11) is -4.26. The Morgan fingerprint density at radius 2 is 1.52 bits per heavy atom. The summed E-state index contributed by atoms with van der Waals surface area (Å²) < 4.78 is 55.9. The molecule has 3 aromatic rings. The van der Waals surface area contributed by atoms with E-state index in [2.05, 4.69) is 15.3 Å². The second kappa shape index (κ2) is 7.48. The van der Waals surface area contributed by atoms with Crippen molar-refractivity contribution < 1.29 is 17.2 Å². The molecule has 1 aromatic carbocycles. The minimum atomic E-state index is -4.26. The maximum Gasteiger partial charge on any atom is 0.249 e. The van der Waals surface area contributed by atoms with Crippen molar-refractivity contribution in [3.05, 3.63) is 59.9 Å². The third-order valence-electron chi connectivity index (χ3n) is 4.67. The first-order valence-corrected chi connectivity index (χ1v) is 10.4. The zero-order valence-electron chi connectivity index (χ0n) is 15.5. The molecule has 0 spiro atoms. The topological polar surface area (TPSA) is 84.2 Å². The second-order valence-corrected chi connectivity index (χ2v) is 8.47. The Balaban J connectivity index is 1.47. The van der Waals surface area contributed by atoms with Crippen LogP contribution >= 0.6 is 0 Å². The van der Waals surface area contributed by atoms with Crippen molar-refractivity contribution in [1.29, 1.82) is 0 Å². The van der Waals surface area contributed by atoms with E-state index in [0.29, 0.717) is 24.7 Å². The summed E-state index contributed by atoms with van der Waals surface area (Å²) in [6.45, 7) is 2.68. The highest BCUT2D eigenvalue weighted by Crippen LogP contribution is 2.24. The predicted octanol–water partition coefficient (Wildman–Crippen LogP) is 1.76. The Kier molecular flexibility index (Phi) is 5.01. The number of hydrogen-bond donors (Lipinski definition) is 0. The van der Waals surface area contributed by atoms with E-state index in [1.54, 1.807) is 23.0 Å². The van der Waals surface area contributed by atoms with Crippen LogP contribution in [0.2, 0.25) is 0 Å². The summed E-state index contributed by atoms with van der Waals surface area (Å²) in [6.07, 6.45) is 1.78. The van der Waals surface area contributed by atoms with Crippen LogP contribution in [0.15, 0.2) is 47.5 Å². The molecule has 0 amide bonds. The van der Waals surface area contributed by atoms with Crippen LogP contribution in [0.1, 0.15) is 5.69 Å². The van der Waals surface area contributed by atoms with Crippen molar-refractivity contribution in [2.45, 2.75) is 11.8 Å². The fourth-order valence-electron chi connectivity index (χ4n) is 3.17. The van der Waals surface area contributed by atoms with Crippen molar-refractivity contribution in [2.75, 3.05) is 31.1 Å². The van der Waals surface area contributed by atoms with Crippen LogP contribution in [0.3, 0.4) is 0 Å². The maximum atomic E-state index is 13.9. The van der Waals surface area contributed by atoms with E-state index in [9.17, 15) is 17.2 Å². The minimum Gasteiger partial charge on any atom is -0.352 e. The van der Waals surface area contributed by atoms with Gasteiger partial charge in [-0.15, -0.1) is 10.2 Å². The van der Waals surface area contributed by atoms with Gasteiger partial charge in [-0.3, -0.25) is 0 Å². The van der Waals surface area contributed by atoms with Gasteiger partial charge in [-0.05, 0) is 37.3 Å². The SMILES string of the molecule is Cc1ccn(-c2ccc(N3CCN(S(=O)(=O)c4c(F)cccc4F)CC3)nn2)n1. The molecule has 0 saturated carbocycles. The number of aromatic nitrogens is 4. The van der Waals surface area contributed by atoms with Crippen LogP contribution in [0, 0.1) is 18.6 Å². The third kappa shape index (κ3) is 3.70. The smallest absolute Gasteiger partial charge is 0.249 e. The van der Waals surface area contributed by atoms with Crippen molar-refractivity contribution in [3.63, 3.8) is 0 Å². The van der Waals surface area contributed by atoms with Gasteiger partial charge in [0.2, 0.25) is 10.0 Å². The average molecular weight is 420 g/mol. The first kappa shape index (κ1) is 19.4. The molecule has 0 radical (unpaired) electrons. The Hall–Kier alpha value is -2.92. The van der Waals surface area contributed by atoms with Crippen LogP contribution in [-0.2, 0) is 10.0 Å². The summed E-state index contributed by atoms with van der Waals surface area (Å²) in [6, 6.07) is 8.41. The molecule has 1 aliphatic rings. The molecule has 1 fully saturated rings. The number of piperazine rings is 1. The molecule has 0 unspecified atom stereocenters. The summed E-state index contributed by atoms with van der Waals surface area (Å²) in [5.74, 6) is -1.03. The normalized spacial score (nSPS) is 15.6. The van der Waals surface area contributed by atoms with Gasteiger partial charge in [0.1, 0.15) is 11.6 Å². The first-order chi connectivity index (χ1) is 13.9. The van der Waals surface area contributed by atoms with Gasteiger partial charge < -0.3 is 4.90 Å². The maximum absolute atomic E-state index is 13.9. The van der Waals surface area contributed by atoms with E-state index in [0.717, 1.165) is 28.2 Å². The lowest BCUT2D eigenvalue weighted by atomic mass is 10.3. The van der Waals surface area contributed by atoms with Crippen LogP contribution in [0.5, 0.6) is 0 Å².